The Kier molecular flexibility index (Phi) is 15.9. The summed E-state index contributed by atoms with van der Waals surface area (Å²) in [6.07, 6.45) is 3.72. The second-order valence-corrected chi connectivity index (χ2v) is 13.3. The van der Waals surface area contributed by atoms with E-state index in [1.807, 2.05) is 19.2 Å². The molecule has 3 aromatic rings. The largest absolute Gasteiger partial charge is 0.483 e. The number of aromatic nitrogens is 3. The molecule has 0 bridgehead atoms. The van der Waals surface area contributed by atoms with Gasteiger partial charge in [-0.1, -0.05) is 60.7 Å². The average molecular weight is 727 g/mol. The van der Waals surface area contributed by atoms with Gasteiger partial charge in [-0.3, -0.25) is 5.43 Å². The summed E-state index contributed by atoms with van der Waals surface area (Å²) in [5, 5.41) is 4.86. The van der Waals surface area contributed by atoms with Gasteiger partial charge in [0.25, 0.3) is 0 Å². The summed E-state index contributed by atoms with van der Waals surface area (Å²) in [7, 11) is 2.02. The lowest BCUT2D eigenvalue weighted by Crippen LogP contribution is -2.32. The molecule has 49 heavy (non-hydrogen) atoms. The van der Waals surface area contributed by atoms with Crippen molar-refractivity contribution in [2.24, 2.45) is 5.10 Å². The number of nitrogens with zero attached hydrogens (tertiary/aromatic N) is 7. The highest BCUT2D eigenvalue weighted by Gasteiger charge is 2.23. The second-order valence-electron chi connectivity index (χ2n) is 11.4. The van der Waals surface area contributed by atoms with E-state index in [1.165, 1.54) is 0 Å². The number of likely N-dealkylation sites (N-methyl/N-ethyl adjacent to an activating group) is 3. The van der Waals surface area contributed by atoms with Crippen LogP contribution >= 0.6 is 0 Å². The van der Waals surface area contributed by atoms with Crippen LogP contribution in [0.5, 0.6) is 0 Å². The van der Waals surface area contributed by atoms with E-state index in [2.05, 4.69) is 95.7 Å². The Morgan fingerprint density at radius 2 is 1.18 bits per heavy atom. The molecule has 0 unspecified atom stereocenters. The average Bonchev–Trinajstić information content (AvgIpc) is 3.14. The van der Waals surface area contributed by atoms with Gasteiger partial charge in [0.05, 0.1) is 11.4 Å². The van der Waals surface area contributed by atoms with Crippen molar-refractivity contribution >= 4 is 95.7 Å². The van der Waals surface area contributed by atoms with Crippen LogP contribution in [-0.4, -0.2) is 127 Å². The number of hydrogen-bond donors (Lipinski definition) is 1. The van der Waals surface area contributed by atoms with Crippen molar-refractivity contribution in [1.82, 2.24) is 20.4 Å². The lowest BCUT2D eigenvalue weighted by molar-refractivity contribution is 0.0178. The van der Waals surface area contributed by atoms with Gasteiger partial charge >= 0.3 is 66.5 Å². The van der Waals surface area contributed by atoms with E-state index in [0.29, 0.717) is 110 Å². The van der Waals surface area contributed by atoms with Crippen molar-refractivity contribution < 1.29 is 15.2 Å². The van der Waals surface area contributed by atoms with Gasteiger partial charge in [0, 0.05) is 57.3 Å². The Morgan fingerprint density at radius 1 is 0.735 bits per heavy atom. The minimum Gasteiger partial charge on any atom is -0.483 e. The van der Waals surface area contributed by atoms with Crippen molar-refractivity contribution in [3.63, 3.8) is 0 Å². The lowest BCUT2D eigenvalue weighted by Gasteiger charge is -2.28. The molecule has 0 saturated heterocycles. The summed E-state index contributed by atoms with van der Waals surface area (Å²) in [5.41, 5.74) is 10.5. The zero-order chi connectivity index (χ0) is 35.3. The molecule has 4 rings (SSSR count). The van der Waals surface area contributed by atoms with Gasteiger partial charge in [-0.25, -0.2) is 0 Å². The quantitative estimate of drug-likeness (QED) is 0.110. The van der Waals surface area contributed by atoms with E-state index in [-0.39, 0.29) is 12.6 Å². The highest BCUT2D eigenvalue weighted by Crippen LogP contribution is 2.29. The topological polar surface area (TPSA) is 110 Å². The molecular weight excluding hydrogens is 680 g/mol. The predicted molar refractivity (Wildman–Crippen MR) is 207 cm³/mol. The summed E-state index contributed by atoms with van der Waals surface area (Å²) >= 11 is 2.39. The van der Waals surface area contributed by atoms with Gasteiger partial charge < -0.3 is 29.9 Å². The van der Waals surface area contributed by atoms with Crippen LogP contribution in [0.4, 0.5) is 17.8 Å². The van der Waals surface area contributed by atoms with Crippen LogP contribution in [0.3, 0.4) is 0 Å². The van der Waals surface area contributed by atoms with Gasteiger partial charge in [-0.2, -0.15) is 20.1 Å². The van der Waals surface area contributed by atoms with E-state index in [0.717, 1.165) is 52.3 Å². The van der Waals surface area contributed by atoms with Crippen molar-refractivity contribution in [2.75, 3.05) is 54.5 Å². The van der Waals surface area contributed by atoms with Crippen LogP contribution in [0.2, 0.25) is 0 Å². The molecular formula is C33H46Al4N8O4. The van der Waals surface area contributed by atoms with E-state index in [1.54, 1.807) is 0 Å². The summed E-state index contributed by atoms with van der Waals surface area (Å²) in [6.45, 7) is 15.3. The minimum atomic E-state index is -0.320. The normalized spacial score (nSPS) is 12.9. The molecule has 12 nitrogen and oxygen atoms in total. The van der Waals surface area contributed by atoms with E-state index in [9.17, 15) is 0 Å². The fourth-order valence-electron chi connectivity index (χ4n) is 5.65. The SMILES string of the molecule is C=CCN(CC)c1nc(N(C)CC2=C(c3ccc(C([O][AlH2])[O][AlH2])cc3)NN=C(c3ccc(C([O][AlH2])[O][AlH2])cc3)C2)nc(N(CC)CC=C)n1. The summed E-state index contributed by atoms with van der Waals surface area (Å²) < 4.78 is 22.5. The fraction of sp³-hybridized carbons (Fsp3) is 0.333. The third kappa shape index (κ3) is 10.1. The van der Waals surface area contributed by atoms with Gasteiger partial charge in [-0.05, 0) is 30.5 Å². The molecule has 0 atom stereocenters. The Labute approximate surface area is 323 Å². The first-order valence-electron chi connectivity index (χ1n) is 16.4. The highest BCUT2D eigenvalue weighted by atomic mass is 27.1. The molecule has 254 valence electrons. The minimum absolute atomic E-state index is 0.307. The number of nitrogens with one attached hydrogen (secondary N) is 1. The molecule has 2 heterocycles. The molecule has 1 aromatic heterocycles. The Bertz CT molecular complexity index is 1570. The van der Waals surface area contributed by atoms with Crippen LogP contribution < -0.4 is 20.1 Å². The van der Waals surface area contributed by atoms with Crippen LogP contribution in [0, 0.1) is 0 Å². The van der Waals surface area contributed by atoms with Gasteiger partial charge in [0.15, 0.2) is 0 Å². The van der Waals surface area contributed by atoms with Gasteiger partial charge in [0.2, 0.25) is 17.8 Å². The maximum Gasteiger partial charge on any atom is 0.413 e. The summed E-state index contributed by atoms with van der Waals surface area (Å²) in [6, 6.07) is 16.5. The lowest BCUT2D eigenvalue weighted by atomic mass is 9.95. The van der Waals surface area contributed by atoms with Crippen LogP contribution in [0.15, 0.2) is 84.5 Å². The Balaban J connectivity index is 1.74. The standard InChI is InChI=1S/C33H38N8O4.4Al.8H/c1-6-18-40(8-3)32-34-31(35-33(36-32)41(9-4)19-7-2)39(5)21-26-20-27(22-10-14-24(15-11-22)29(42)43)37-38-28(26)23-12-16-25(17-13-23)30(44)45;;;;;;;;;;;;/h6-7,10-17,29-30,38H,1-2,8-9,18-21H2,3-5H3;;;;;;;;;;;;/q-4;4*+1;;;;;;;;. The zero-order valence-electron chi connectivity index (χ0n) is 29.8. The van der Waals surface area contributed by atoms with Crippen LogP contribution in [-0.2, 0) is 15.2 Å². The van der Waals surface area contributed by atoms with Crippen LogP contribution in [0.25, 0.3) is 5.70 Å². The first kappa shape index (κ1) is 39.3. The number of hydrogen-bond acceptors (Lipinski definition) is 12. The molecule has 2 aromatic carbocycles. The van der Waals surface area contributed by atoms with E-state index >= 15 is 0 Å². The molecule has 0 aliphatic carbocycles. The van der Waals surface area contributed by atoms with Crippen molar-refractivity contribution in [3.8, 4) is 0 Å². The summed E-state index contributed by atoms with van der Waals surface area (Å²) in [4.78, 5) is 21.0. The van der Waals surface area contributed by atoms with Crippen LogP contribution in [0.1, 0.15) is 55.1 Å². The van der Waals surface area contributed by atoms with Crippen molar-refractivity contribution in [2.45, 2.75) is 32.8 Å². The maximum absolute atomic E-state index is 5.64. The number of rotatable bonds is 19. The fourth-order valence-corrected chi connectivity index (χ4v) is 8.28. The third-order valence-corrected chi connectivity index (χ3v) is 9.99. The predicted octanol–water partition coefficient (Wildman–Crippen LogP) is 1.40. The molecule has 1 N–H and O–H groups in total. The zero-order valence-corrected chi connectivity index (χ0v) is 37.8. The molecule has 0 spiro atoms. The monoisotopic (exact) mass is 726 g/mol. The Hall–Kier alpha value is -2.49. The molecule has 0 fully saturated rings. The molecule has 0 radical (unpaired) electrons. The number of anilines is 3. The molecule has 1 aliphatic heterocycles. The first-order chi connectivity index (χ1) is 23.8. The molecule has 0 amide bonds. The second kappa shape index (κ2) is 19.8. The molecule has 0 saturated carbocycles. The molecule has 16 heteroatoms. The Morgan fingerprint density at radius 3 is 1.61 bits per heavy atom. The van der Waals surface area contributed by atoms with Gasteiger partial charge in [0.1, 0.15) is 12.6 Å². The third-order valence-electron chi connectivity index (χ3n) is 8.28. The highest BCUT2D eigenvalue weighted by molar-refractivity contribution is 6.04. The van der Waals surface area contributed by atoms with Crippen molar-refractivity contribution in [1.29, 1.82) is 0 Å². The van der Waals surface area contributed by atoms with E-state index < -0.39 is 0 Å². The number of hydrazone groups is 1. The van der Waals surface area contributed by atoms with Crippen molar-refractivity contribution in [3.05, 3.63) is 102 Å². The van der Waals surface area contributed by atoms with E-state index in [4.69, 9.17) is 35.2 Å². The number of benzene rings is 2. The smallest absolute Gasteiger partial charge is 0.413 e. The van der Waals surface area contributed by atoms with Gasteiger partial charge in [-0.15, -0.1) is 13.2 Å². The molecule has 1 aliphatic rings. The maximum atomic E-state index is 5.64. The summed E-state index contributed by atoms with van der Waals surface area (Å²) in [5.74, 6) is 1.80. The first-order valence-corrected chi connectivity index (χ1v) is 19.7.